The van der Waals surface area contributed by atoms with E-state index < -0.39 is 0 Å². The third-order valence-corrected chi connectivity index (χ3v) is 3.05. The van der Waals surface area contributed by atoms with Crippen LogP contribution in [-0.2, 0) is 11.3 Å². The molecule has 0 heterocycles. The standard InChI is InChI=1S/C17H28N4O.HI/c1-5-11-19-17(18-6-2)20-12-14-7-9-15(10-8-14)21-16(22)13(3)4;/h7-10,13H,5-6,11-12H2,1-4H3,(H,21,22)(H2,18,19,20);1H. The van der Waals surface area contributed by atoms with Crippen LogP contribution in [0.4, 0.5) is 5.69 Å². The number of hydrogen-bond acceptors (Lipinski definition) is 2. The molecule has 130 valence electrons. The number of aliphatic imine (C=N–C) groups is 1. The summed E-state index contributed by atoms with van der Waals surface area (Å²) in [6, 6.07) is 7.81. The Morgan fingerprint density at radius 1 is 1.13 bits per heavy atom. The van der Waals surface area contributed by atoms with Crippen LogP contribution in [0.25, 0.3) is 0 Å². The molecule has 1 rings (SSSR count). The summed E-state index contributed by atoms with van der Waals surface area (Å²) in [5.74, 6) is 0.849. The number of guanidine groups is 1. The van der Waals surface area contributed by atoms with Crippen LogP contribution in [0.2, 0.25) is 0 Å². The van der Waals surface area contributed by atoms with Gasteiger partial charge in [0, 0.05) is 24.7 Å². The molecule has 0 saturated heterocycles. The van der Waals surface area contributed by atoms with Crippen molar-refractivity contribution in [2.24, 2.45) is 10.9 Å². The van der Waals surface area contributed by atoms with Crippen LogP contribution in [0.15, 0.2) is 29.3 Å². The Morgan fingerprint density at radius 3 is 2.30 bits per heavy atom. The Morgan fingerprint density at radius 2 is 1.78 bits per heavy atom. The lowest BCUT2D eigenvalue weighted by Gasteiger charge is -2.10. The Kier molecular flexibility index (Phi) is 11.5. The molecule has 0 spiro atoms. The average molecular weight is 432 g/mol. The summed E-state index contributed by atoms with van der Waals surface area (Å²) >= 11 is 0. The van der Waals surface area contributed by atoms with Gasteiger partial charge < -0.3 is 16.0 Å². The molecule has 1 aromatic rings. The maximum absolute atomic E-state index is 11.6. The fourth-order valence-electron chi connectivity index (χ4n) is 1.74. The summed E-state index contributed by atoms with van der Waals surface area (Å²) in [5, 5.41) is 9.37. The van der Waals surface area contributed by atoms with Crippen molar-refractivity contribution in [2.45, 2.75) is 40.7 Å². The number of halogens is 1. The Hall–Kier alpha value is -1.31. The van der Waals surface area contributed by atoms with Gasteiger partial charge in [-0.25, -0.2) is 4.99 Å². The molecule has 0 saturated carbocycles. The molecule has 5 nitrogen and oxygen atoms in total. The van der Waals surface area contributed by atoms with E-state index in [2.05, 4.69) is 34.8 Å². The van der Waals surface area contributed by atoms with Crippen LogP contribution >= 0.6 is 24.0 Å². The summed E-state index contributed by atoms with van der Waals surface area (Å²) < 4.78 is 0. The quantitative estimate of drug-likeness (QED) is 0.352. The zero-order valence-electron chi connectivity index (χ0n) is 14.5. The van der Waals surface area contributed by atoms with Gasteiger partial charge in [-0.15, -0.1) is 24.0 Å². The van der Waals surface area contributed by atoms with Crippen molar-refractivity contribution in [2.75, 3.05) is 18.4 Å². The smallest absolute Gasteiger partial charge is 0.226 e. The second-order valence-corrected chi connectivity index (χ2v) is 5.46. The predicted octanol–water partition coefficient (Wildman–Crippen LogP) is 3.36. The number of carbonyl (C=O) groups is 1. The zero-order valence-corrected chi connectivity index (χ0v) is 16.8. The first-order chi connectivity index (χ1) is 10.6. The largest absolute Gasteiger partial charge is 0.357 e. The number of carbonyl (C=O) groups excluding carboxylic acids is 1. The molecule has 0 aliphatic rings. The highest BCUT2D eigenvalue weighted by Gasteiger charge is 2.06. The van der Waals surface area contributed by atoms with E-state index in [1.807, 2.05) is 38.1 Å². The Balaban J connectivity index is 0.00000484. The van der Waals surface area contributed by atoms with E-state index in [9.17, 15) is 4.79 Å². The van der Waals surface area contributed by atoms with Crippen molar-refractivity contribution in [1.29, 1.82) is 0 Å². The van der Waals surface area contributed by atoms with Gasteiger partial charge in [0.25, 0.3) is 0 Å². The molecule has 0 atom stereocenters. The summed E-state index contributed by atoms with van der Waals surface area (Å²) in [6.45, 7) is 10.3. The highest BCUT2D eigenvalue weighted by Crippen LogP contribution is 2.11. The van der Waals surface area contributed by atoms with Gasteiger partial charge in [0.2, 0.25) is 5.91 Å². The number of nitrogens with zero attached hydrogens (tertiary/aromatic N) is 1. The third-order valence-electron chi connectivity index (χ3n) is 3.05. The summed E-state index contributed by atoms with van der Waals surface area (Å²) in [7, 11) is 0. The Labute approximate surface area is 156 Å². The maximum Gasteiger partial charge on any atom is 0.226 e. The van der Waals surface area contributed by atoms with E-state index in [-0.39, 0.29) is 35.8 Å². The second kappa shape index (κ2) is 12.2. The molecule has 0 aromatic heterocycles. The van der Waals surface area contributed by atoms with Crippen LogP contribution in [-0.4, -0.2) is 25.0 Å². The van der Waals surface area contributed by atoms with Gasteiger partial charge in [0.1, 0.15) is 0 Å². The van der Waals surface area contributed by atoms with E-state index in [0.717, 1.165) is 36.7 Å². The van der Waals surface area contributed by atoms with Crippen LogP contribution in [0.3, 0.4) is 0 Å². The molecule has 0 unspecified atom stereocenters. The van der Waals surface area contributed by atoms with E-state index in [0.29, 0.717) is 6.54 Å². The second-order valence-electron chi connectivity index (χ2n) is 5.46. The van der Waals surface area contributed by atoms with Crippen LogP contribution < -0.4 is 16.0 Å². The first kappa shape index (κ1) is 21.7. The molecule has 1 aromatic carbocycles. The van der Waals surface area contributed by atoms with E-state index in [1.54, 1.807) is 0 Å². The molecule has 0 aliphatic carbocycles. The summed E-state index contributed by atoms with van der Waals surface area (Å²) in [6.07, 6.45) is 1.06. The highest BCUT2D eigenvalue weighted by atomic mass is 127. The minimum absolute atomic E-state index is 0. The lowest BCUT2D eigenvalue weighted by Crippen LogP contribution is -2.37. The number of hydrogen-bond donors (Lipinski definition) is 3. The number of benzene rings is 1. The van der Waals surface area contributed by atoms with E-state index >= 15 is 0 Å². The number of rotatable bonds is 7. The molecule has 1 amide bonds. The molecule has 0 aliphatic heterocycles. The van der Waals surface area contributed by atoms with Crippen molar-refractivity contribution in [3.63, 3.8) is 0 Å². The van der Waals surface area contributed by atoms with Gasteiger partial charge in [-0.3, -0.25) is 4.79 Å². The van der Waals surface area contributed by atoms with Crippen molar-refractivity contribution in [1.82, 2.24) is 10.6 Å². The Bertz CT molecular complexity index is 486. The third kappa shape index (κ3) is 8.78. The van der Waals surface area contributed by atoms with Crippen LogP contribution in [0.1, 0.15) is 39.7 Å². The fraction of sp³-hybridized carbons (Fsp3) is 0.529. The normalized spacial score (nSPS) is 10.9. The van der Waals surface area contributed by atoms with Gasteiger partial charge in [0.15, 0.2) is 5.96 Å². The fourth-order valence-corrected chi connectivity index (χ4v) is 1.74. The molecular weight excluding hydrogens is 403 g/mol. The summed E-state index contributed by atoms with van der Waals surface area (Å²) in [4.78, 5) is 16.2. The zero-order chi connectivity index (χ0) is 16.4. The SMILES string of the molecule is CCCNC(=NCc1ccc(NC(=O)C(C)C)cc1)NCC.I. The molecule has 3 N–H and O–H groups in total. The van der Waals surface area contributed by atoms with Crippen LogP contribution in [0.5, 0.6) is 0 Å². The predicted molar refractivity (Wildman–Crippen MR) is 108 cm³/mol. The first-order valence-corrected chi connectivity index (χ1v) is 7.98. The van der Waals surface area contributed by atoms with E-state index in [1.165, 1.54) is 0 Å². The molecule has 0 fully saturated rings. The lowest BCUT2D eigenvalue weighted by atomic mass is 10.2. The molecule has 0 radical (unpaired) electrons. The highest BCUT2D eigenvalue weighted by molar-refractivity contribution is 14.0. The monoisotopic (exact) mass is 432 g/mol. The first-order valence-electron chi connectivity index (χ1n) is 7.98. The minimum atomic E-state index is -0.0170. The van der Waals surface area contributed by atoms with E-state index in [4.69, 9.17) is 0 Å². The van der Waals surface area contributed by atoms with Gasteiger partial charge in [-0.05, 0) is 31.0 Å². The van der Waals surface area contributed by atoms with Crippen molar-refractivity contribution < 1.29 is 4.79 Å². The van der Waals surface area contributed by atoms with Crippen molar-refractivity contribution in [3.05, 3.63) is 29.8 Å². The number of amides is 1. The van der Waals surface area contributed by atoms with Crippen LogP contribution in [0, 0.1) is 5.92 Å². The number of nitrogens with one attached hydrogen (secondary N) is 3. The van der Waals surface area contributed by atoms with Gasteiger partial charge >= 0.3 is 0 Å². The molecule has 0 bridgehead atoms. The number of anilines is 1. The molecular formula is C17H29IN4O. The van der Waals surface area contributed by atoms with Gasteiger partial charge in [-0.1, -0.05) is 32.9 Å². The lowest BCUT2D eigenvalue weighted by molar-refractivity contribution is -0.118. The minimum Gasteiger partial charge on any atom is -0.357 e. The maximum atomic E-state index is 11.6. The van der Waals surface area contributed by atoms with Crippen molar-refractivity contribution >= 4 is 41.5 Å². The van der Waals surface area contributed by atoms with Crippen molar-refractivity contribution in [3.8, 4) is 0 Å². The average Bonchev–Trinajstić information content (AvgIpc) is 2.51. The molecule has 6 heteroatoms. The topological polar surface area (TPSA) is 65.5 Å². The van der Waals surface area contributed by atoms with Gasteiger partial charge in [-0.2, -0.15) is 0 Å². The summed E-state index contributed by atoms with van der Waals surface area (Å²) in [5.41, 5.74) is 1.93. The van der Waals surface area contributed by atoms with Gasteiger partial charge in [0.05, 0.1) is 6.54 Å². The molecule has 23 heavy (non-hydrogen) atoms.